The summed E-state index contributed by atoms with van der Waals surface area (Å²) in [5, 5.41) is 0.403. The van der Waals surface area contributed by atoms with E-state index in [2.05, 4.69) is 0 Å². The van der Waals surface area contributed by atoms with Crippen LogP contribution >= 0.6 is 0 Å². The van der Waals surface area contributed by atoms with Gasteiger partial charge in [-0.25, -0.2) is 0 Å². The summed E-state index contributed by atoms with van der Waals surface area (Å²) >= 11 is 0. The van der Waals surface area contributed by atoms with Crippen LogP contribution in [-0.4, -0.2) is 19.5 Å². The van der Waals surface area contributed by atoms with E-state index in [9.17, 15) is 9.59 Å². The Morgan fingerprint density at radius 3 is 2.33 bits per heavy atom. The Bertz CT molecular complexity index is 1250. The van der Waals surface area contributed by atoms with E-state index in [0.717, 1.165) is 5.56 Å². The predicted octanol–water partition coefficient (Wildman–Crippen LogP) is 5.04. The normalized spacial score (nSPS) is 10.7. The molecule has 5 heteroatoms. The molecule has 3 aromatic carbocycles. The number of hydrogen-bond donors (Lipinski definition) is 0. The first kappa shape index (κ1) is 19.5. The summed E-state index contributed by atoms with van der Waals surface area (Å²) < 4.78 is 16.9. The Kier molecular flexibility index (Phi) is 5.35. The van der Waals surface area contributed by atoms with Gasteiger partial charge in [0.2, 0.25) is 11.2 Å². The van der Waals surface area contributed by atoms with E-state index in [4.69, 9.17) is 13.9 Å². The molecule has 0 spiro atoms. The molecule has 0 N–H and O–H groups in total. The van der Waals surface area contributed by atoms with Gasteiger partial charge in [0.05, 0.1) is 12.5 Å². The SMILES string of the molecule is COc1ccc(C(=O)COc2c(-c3ccc(C)cc3)oc3ccccc3c2=O)cc1. The van der Waals surface area contributed by atoms with Crippen molar-refractivity contribution in [3.8, 4) is 22.8 Å². The molecule has 0 bridgehead atoms. The highest BCUT2D eigenvalue weighted by Gasteiger charge is 2.19. The van der Waals surface area contributed by atoms with Crippen molar-refractivity contribution in [2.75, 3.05) is 13.7 Å². The number of ketones is 1. The minimum absolute atomic E-state index is 0.0272. The predicted molar refractivity (Wildman–Crippen MR) is 115 cm³/mol. The highest BCUT2D eigenvalue weighted by atomic mass is 16.5. The third-order valence-corrected chi connectivity index (χ3v) is 4.83. The van der Waals surface area contributed by atoms with Crippen molar-refractivity contribution >= 4 is 16.8 Å². The van der Waals surface area contributed by atoms with E-state index in [1.807, 2.05) is 31.2 Å². The van der Waals surface area contributed by atoms with Crippen LogP contribution in [0.1, 0.15) is 15.9 Å². The minimum atomic E-state index is -0.310. The van der Waals surface area contributed by atoms with Crippen molar-refractivity contribution in [1.82, 2.24) is 0 Å². The average Bonchev–Trinajstić information content (AvgIpc) is 2.79. The van der Waals surface area contributed by atoms with Gasteiger partial charge in [0.15, 0.2) is 18.2 Å². The summed E-state index contributed by atoms with van der Waals surface area (Å²) in [6, 6.07) is 21.3. The summed E-state index contributed by atoms with van der Waals surface area (Å²) in [6.07, 6.45) is 0. The van der Waals surface area contributed by atoms with E-state index < -0.39 is 0 Å². The van der Waals surface area contributed by atoms with Crippen LogP contribution in [-0.2, 0) is 0 Å². The molecule has 0 radical (unpaired) electrons. The number of fused-ring (bicyclic) bond motifs is 1. The Hall–Kier alpha value is -3.86. The topological polar surface area (TPSA) is 65.7 Å². The quantitative estimate of drug-likeness (QED) is 0.424. The number of para-hydroxylation sites is 1. The summed E-state index contributed by atoms with van der Waals surface area (Å²) in [5.74, 6) is 0.741. The number of carbonyl (C=O) groups is 1. The molecular formula is C25H20O5. The van der Waals surface area contributed by atoms with E-state index in [1.165, 1.54) is 0 Å². The maximum absolute atomic E-state index is 13.1. The molecule has 0 unspecified atom stereocenters. The number of aryl methyl sites for hydroxylation is 1. The van der Waals surface area contributed by atoms with Gasteiger partial charge >= 0.3 is 0 Å². The molecule has 0 fully saturated rings. The molecule has 4 rings (SSSR count). The van der Waals surface area contributed by atoms with Crippen LogP contribution in [0.25, 0.3) is 22.3 Å². The fourth-order valence-electron chi connectivity index (χ4n) is 3.15. The smallest absolute Gasteiger partial charge is 0.235 e. The molecule has 1 aromatic heterocycles. The van der Waals surface area contributed by atoms with E-state index >= 15 is 0 Å². The fraction of sp³-hybridized carbons (Fsp3) is 0.120. The van der Waals surface area contributed by atoms with E-state index in [1.54, 1.807) is 55.6 Å². The molecule has 4 aromatic rings. The molecule has 0 aliphatic carbocycles. The second-order valence-corrected chi connectivity index (χ2v) is 6.89. The monoisotopic (exact) mass is 400 g/mol. The van der Waals surface area contributed by atoms with Gasteiger partial charge in [-0.15, -0.1) is 0 Å². The van der Waals surface area contributed by atoms with Crippen LogP contribution in [0.2, 0.25) is 0 Å². The van der Waals surface area contributed by atoms with Crippen LogP contribution < -0.4 is 14.9 Å². The van der Waals surface area contributed by atoms with E-state index in [-0.39, 0.29) is 23.6 Å². The lowest BCUT2D eigenvalue weighted by Crippen LogP contribution is -2.17. The molecule has 0 amide bonds. The van der Waals surface area contributed by atoms with Gasteiger partial charge in [0.1, 0.15) is 11.3 Å². The molecule has 150 valence electrons. The van der Waals surface area contributed by atoms with Crippen molar-refractivity contribution in [1.29, 1.82) is 0 Å². The van der Waals surface area contributed by atoms with Crippen LogP contribution in [0.5, 0.6) is 11.5 Å². The number of ether oxygens (including phenoxy) is 2. The van der Waals surface area contributed by atoms with Gasteiger partial charge in [0, 0.05) is 11.1 Å². The maximum Gasteiger partial charge on any atom is 0.235 e. The highest BCUT2D eigenvalue weighted by Crippen LogP contribution is 2.31. The van der Waals surface area contributed by atoms with Gasteiger partial charge in [-0.3, -0.25) is 9.59 Å². The number of methoxy groups -OCH3 is 1. The first-order chi connectivity index (χ1) is 14.6. The van der Waals surface area contributed by atoms with Crippen molar-refractivity contribution in [3.05, 3.63) is 94.1 Å². The molecule has 1 heterocycles. The van der Waals surface area contributed by atoms with Crippen LogP contribution in [0.4, 0.5) is 0 Å². The second-order valence-electron chi connectivity index (χ2n) is 6.89. The standard InChI is InChI=1S/C25H20O5/c1-16-7-9-18(10-8-16)24-25(23(27)20-5-3-4-6-22(20)30-24)29-15-21(26)17-11-13-19(28-2)14-12-17/h3-14H,15H2,1-2H3. The Morgan fingerprint density at radius 1 is 0.933 bits per heavy atom. The van der Waals surface area contributed by atoms with Crippen LogP contribution in [0, 0.1) is 6.92 Å². The lowest BCUT2D eigenvalue weighted by Gasteiger charge is -2.12. The molecule has 30 heavy (non-hydrogen) atoms. The van der Waals surface area contributed by atoms with Crippen molar-refractivity contribution in [3.63, 3.8) is 0 Å². The Labute approximate surface area is 173 Å². The number of carbonyl (C=O) groups excluding carboxylic acids is 1. The highest BCUT2D eigenvalue weighted by molar-refractivity contribution is 5.97. The first-order valence-electron chi connectivity index (χ1n) is 9.50. The number of rotatable bonds is 6. The lowest BCUT2D eigenvalue weighted by molar-refractivity contribution is 0.0920. The van der Waals surface area contributed by atoms with Gasteiger partial charge in [-0.05, 0) is 43.3 Å². The summed E-state index contributed by atoms with van der Waals surface area (Å²) in [5.41, 5.74) is 2.41. The number of Topliss-reactive ketones (excluding diaryl/α,β-unsaturated/α-hetero) is 1. The summed E-state index contributed by atoms with van der Waals surface area (Å²) in [6.45, 7) is 1.69. The third-order valence-electron chi connectivity index (χ3n) is 4.83. The number of benzene rings is 3. The average molecular weight is 400 g/mol. The van der Waals surface area contributed by atoms with Crippen molar-refractivity contribution in [2.45, 2.75) is 6.92 Å². The Morgan fingerprint density at radius 2 is 1.63 bits per heavy atom. The Balaban J connectivity index is 1.72. The fourth-order valence-corrected chi connectivity index (χ4v) is 3.15. The van der Waals surface area contributed by atoms with Gasteiger partial charge in [-0.2, -0.15) is 0 Å². The zero-order chi connectivity index (χ0) is 21.1. The first-order valence-corrected chi connectivity index (χ1v) is 9.50. The van der Waals surface area contributed by atoms with Gasteiger partial charge in [0.25, 0.3) is 0 Å². The van der Waals surface area contributed by atoms with E-state index in [0.29, 0.717) is 33.6 Å². The minimum Gasteiger partial charge on any atom is -0.497 e. The molecule has 0 saturated heterocycles. The molecule has 0 saturated carbocycles. The largest absolute Gasteiger partial charge is 0.497 e. The third kappa shape index (κ3) is 3.82. The molecular weight excluding hydrogens is 380 g/mol. The van der Waals surface area contributed by atoms with Crippen LogP contribution in [0.3, 0.4) is 0 Å². The molecule has 5 nitrogen and oxygen atoms in total. The van der Waals surface area contributed by atoms with Gasteiger partial charge < -0.3 is 13.9 Å². The molecule has 0 atom stereocenters. The number of hydrogen-bond acceptors (Lipinski definition) is 5. The van der Waals surface area contributed by atoms with Crippen molar-refractivity contribution in [2.24, 2.45) is 0 Å². The lowest BCUT2D eigenvalue weighted by atomic mass is 10.1. The molecule has 0 aliphatic heterocycles. The summed E-state index contributed by atoms with van der Waals surface area (Å²) in [4.78, 5) is 25.7. The van der Waals surface area contributed by atoms with Crippen LogP contribution in [0.15, 0.2) is 82.0 Å². The second kappa shape index (κ2) is 8.25. The van der Waals surface area contributed by atoms with Crippen molar-refractivity contribution < 1.29 is 18.7 Å². The molecule has 0 aliphatic rings. The summed E-state index contributed by atoms with van der Waals surface area (Å²) in [7, 11) is 1.56. The van der Waals surface area contributed by atoms with Gasteiger partial charge in [-0.1, -0.05) is 42.0 Å². The maximum atomic E-state index is 13.1. The zero-order valence-corrected chi connectivity index (χ0v) is 16.7. The zero-order valence-electron chi connectivity index (χ0n) is 16.7.